The van der Waals surface area contributed by atoms with Crippen molar-refractivity contribution in [2.75, 3.05) is 5.73 Å². The summed E-state index contributed by atoms with van der Waals surface area (Å²) in [6.45, 7) is 2.17. The van der Waals surface area contributed by atoms with E-state index in [1.807, 2.05) is 14.0 Å². The fourth-order valence-electron chi connectivity index (χ4n) is 1.87. The third kappa shape index (κ3) is 2.85. The van der Waals surface area contributed by atoms with E-state index in [0.717, 1.165) is 22.3 Å². The lowest BCUT2D eigenvalue weighted by molar-refractivity contribution is 0.0464. The second kappa shape index (κ2) is 6.09. The Morgan fingerprint density at radius 2 is 2.15 bits per heavy atom. The number of anilines is 1. The van der Waals surface area contributed by atoms with Crippen LogP contribution in [-0.2, 0) is 24.8 Å². The summed E-state index contributed by atoms with van der Waals surface area (Å²) in [5, 5.41) is 4.35. The Bertz CT molecular complexity index is 637. The summed E-state index contributed by atoms with van der Waals surface area (Å²) in [7, 11) is 1.82. The molecule has 0 saturated heterocycles. The number of rotatable bonds is 4. The van der Waals surface area contributed by atoms with Crippen LogP contribution in [0.5, 0.6) is 0 Å². The Kier molecular flexibility index (Phi) is 4.44. The van der Waals surface area contributed by atoms with Crippen LogP contribution in [0, 0.1) is 0 Å². The molecule has 2 aromatic rings. The molecule has 0 unspecified atom stereocenters. The van der Waals surface area contributed by atoms with Gasteiger partial charge in [0.25, 0.3) is 0 Å². The van der Waals surface area contributed by atoms with Gasteiger partial charge in [-0.1, -0.05) is 19.1 Å². The molecule has 0 aliphatic carbocycles. The van der Waals surface area contributed by atoms with Gasteiger partial charge in [0.1, 0.15) is 6.61 Å². The number of aromatic nitrogens is 2. The average Bonchev–Trinajstić information content (AvgIpc) is 2.71. The second-order valence-electron chi connectivity index (χ2n) is 4.35. The molecule has 1 aromatic heterocycles. The largest absolute Gasteiger partial charge is 0.455 e. The zero-order chi connectivity index (χ0) is 14.7. The van der Waals surface area contributed by atoms with Crippen LogP contribution < -0.4 is 5.73 Å². The minimum absolute atomic E-state index is 0.150. The number of ether oxygens (including phenoxy) is 1. The zero-order valence-electron chi connectivity index (χ0n) is 11.4. The van der Waals surface area contributed by atoms with Crippen LogP contribution in [0.2, 0.25) is 0 Å². The molecule has 20 heavy (non-hydrogen) atoms. The van der Waals surface area contributed by atoms with Crippen molar-refractivity contribution in [3.63, 3.8) is 0 Å². The first-order valence-corrected chi connectivity index (χ1v) is 7.05. The molecule has 1 aromatic carbocycles. The van der Waals surface area contributed by atoms with Gasteiger partial charge in [-0.3, -0.25) is 4.68 Å². The summed E-state index contributed by atoms with van der Waals surface area (Å²) < 4.78 is 7.90. The number of nitrogens with zero attached hydrogens (tertiary/aromatic N) is 2. The minimum Gasteiger partial charge on any atom is -0.455 e. The van der Waals surface area contributed by atoms with Gasteiger partial charge in [0.15, 0.2) is 0 Å². The van der Waals surface area contributed by atoms with E-state index >= 15 is 0 Å². The fraction of sp³-hybridized carbons (Fsp3) is 0.286. The van der Waals surface area contributed by atoms with Crippen LogP contribution in [0.15, 0.2) is 28.7 Å². The lowest BCUT2D eigenvalue weighted by atomic mass is 10.2. The number of esters is 1. The highest BCUT2D eigenvalue weighted by atomic mass is 79.9. The van der Waals surface area contributed by atoms with E-state index in [-0.39, 0.29) is 6.61 Å². The van der Waals surface area contributed by atoms with E-state index in [1.54, 1.807) is 28.9 Å². The number of halogens is 1. The lowest BCUT2D eigenvalue weighted by Crippen LogP contribution is -2.10. The molecule has 0 bridgehead atoms. The quantitative estimate of drug-likeness (QED) is 0.687. The van der Waals surface area contributed by atoms with Gasteiger partial charge in [-0.05, 0) is 34.5 Å². The maximum absolute atomic E-state index is 12.0. The van der Waals surface area contributed by atoms with Gasteiger partial charge >= 0.3 is 5.97 Å². The van der Waals surface area contributed by atoms with Crippen molar-refractivity contribution in [1.82, 2.24) is 9.78 Å². The highest BCUT2D eigenvalue weighted by molar-refractivity contribution is 9.10. The van der Waals surface area contributed by atoms with Gasteiger partial charge in [-0.25, -0.2) is 4.79 Å². The molecular formula is C14H16BrN3O2. The van der Waals surface area contributed by atoms with Crippen LogP contribution in [0.3, 0.4) is 0 Å². The van der Waals surface area contributed by atoms with Gasteiger partial charge in [0.05, 0.1) is 21.4 Å². The Morgan fingerprint density at radius 3 is 2.75 bits per heavy atom. The lowest BCUT2D eigenvalue weighted by Gasteiger charge is -2.07. The predicted octanol–water partition coefficient (Wildman–Crippen LogP) is 2.68. The standard InChI is InChI=1S/C14H16BrN3O2/c1-3-11-13(15)12(18(2)17-11)8-20-14(19)9-6-4-5-7-10(9)16/h4-7H,3,8,16H2,1-2H3. The number of hydrogen-bond donors (Lipinski definition) is 1. The number of para-hydroxylation sites is 1. The maximum atomic E-state index is 12.0. The highest BCUT2D eigenvalue weighted by Gasteiger charge is 2.16. The van der Waals surface area contributed by atoms with Crippen molar-refractivity contribution in [1.29, 1.82) is 0 Å². The van der Waals surface area contributed by atoms with Crippen LogP contribution in [0.1, 0.15) is 28.7 Å². The molecule has 0 fully saturated rings. The first-order valence-electron chi connectivity index (χ1n) is 6.26. The first-order chi connectivity index (χ1) is 9.54. The minimum atomic E-state index is -0.436. The van der Waals surface area contributed by atoms with Crippen LogP contribution >= 0.6 is 15.9 Å². The molecule has 5 nitrogen and oxygen atoms in total. The van der Waals surface area contributed by atoms with Crippen molar-refractivity contribution < 1.29 is 9.53 Å². The third-order valence-electron chi connectivity index (χ3n) is 3.02. The Hall–Kier alpha value is -1.82. The number of benzene rings is 1. The molecule has 0 saturated carbocycles. The highest BCUT2D eigenvalue weighted by Crippen LogP contribution is 2.23. The van der Waals surface area contributed by atoms with Gasteiger partial charge in [-0.15, -0.1) is 0 Å². The van der Waals surface area contributed by atoms with E-state index in [4.69, 9.17) is 10.5 Å². The summed E-state index contributed by atoms with van der Waals surface area (Å²) in [5.74, 6) is -0.436. The summed E-state index contributed by atoms with van der Waals surface area (Å²) in [4.78, 5) is 12.0. The first kappa shape index (κ1) is 14.6. The number of carbonyl (C=O) groups excluding carboxylic acids is 1. The van der Waals surface area contributed by atoms with Crippen molar-refractivity contribution in [2.45, 2.75) is 20.0 Å². The van der Waals surface area contributed by atoms with Crippen molar-refractivity contribution in [3.05, 3.63) is 45.7 Å². The van der Waals surface area contributed by atoms with Gasteiger partial charge in [-0.2, -0.15) is 5.10 Å². The van der Waals surface area contributed by atoms with E-state index in [2.05, 4.69) is 21.0 Å². The molecular weight excluding hydrogens is 322 g/mol. The Labute approximate surface area is 125 Å². The molecule has 1 heterocycles. The normalized spacial score (nSPS) is 10.6. The molecule has 6 heteroatoms. The number of aryl methyl sites for hydroxylation is 2. The van der Waals surface area contributed by atoms with Gasteiger partial charge in [0, 0.05) is 12.7 Å². The molecule has 2 N–H and O–H groups in total. The third-order valence-corrected chi connectivity index (χ3v) is 3.94. The predicted molar refractivity (Wildman–Crippen MR) is 80.3 cm³/mol. The monoisotopic (exact) mass is 337 g/mol. The summed E-state index contributed by atoms with van der Waals surface area (Å²) in [6, 6.07) is 6.85. The van der Waals surface area contributed by atoms with Crippen molar-refractivity contribution in [2.24, 2.45) is 7.05 Å². The molecule has 0 amide bonds. The zero-order valence-corrected chi connectivity index (χ0v) is 13.0. The summed E-state index contributed by atoms with van der Waals surface area (Å²) >= 11 is 3.48. The second-order valence-corrected chi connectivity index (χ2v) is 5.14. The molecule has 0 spiro atoms. The van der Waals surface area contributed by atoms with Gasteiger partial charge < -0.3 is 10.5 Å². The Morgan fingerprint density at radius 1 is 1.45 bits per heavy atom. The van der Waals surface area contributed by atoms with Crippen molar-refractivity contribution in [3.8, 4) is 0 Å². The molecule has 2 rings (SSSR count). The molecule has 0 aliphatic rings. The number of nitrogens with two attached hydrogens (primary N) is 1. The van der Waals surface area contributed by atoms with Crippen LogP contribution in [0.4, 0.5) is 5.69 Å². The fourth-order valence-corrected chi connectivity index (χ4v) is 2.60. The smallest absolute Gasteiger partial charge is 0.340 e. The summed E-state index contributed by atoms with van der Waals surface area (Å²) in [6.07, 6.45) is 0.813. The molecule has 106 valence electrons. The molecule has 0 aliphatic heterocycles. The van der Waals surface area contributed by atoms with E-state index in [1.165, 1.54) is 0 Å². The number of carbonyl (C=O) groups is 1. The molecule has 0 atom stereocenters. The average molecular weight is 338 g/mol. The van der Waals surface area contributed by atoms with Gasteiger partial charge in [0.2, 0.25) is 0 Å². The number of hydrogen-bond acceptors (Lipinski definition) is 4. The number of nitrogen functional groups attached to an aromatic ring is 1. The SMILES string of the molecule is CCc1nn(C)c(COC(=O)c2ccccc2N)c1Br. The van der Waals surface area contributed by atoms with Crippen LogP contribution in [-0.4, -0.2) is 15.7 Å². The van der Waals surface area contributed by atoms with E-state index < -0.39 is 5.97 Å². The van der Waals surface area contributed by atoms with E-state index in [0.29, 0.717) is 11.3 Å². The Balaban J connectivity index is 2.12. The van der Waals surface area contributed by atoms with Crippen LogP contribution in [0.25, 0.3) is 0 Å². The van der Waals surface area contributed by atoms with Crippen molar-refractivity contribution >= 4 is 27.6 Å². The molecule has 0 radical (unpaired) electrons. The topological polar surface area (TPSA) is 70.1 Å². The maximum Gasteiger partial charge on any atom is 0.340 e. The summed E-state index contributed by atoms with van der Waals surface area (Å²) in [5.41, 5.74) is 8.30. The van der Waals surface area contributed by atoms with E-state index in [9.17, 15) is 4.79 Å².